The number of carbonyl (C=O) groups is 3. The van der Waals surface area contributed by atoms with Crippen molar-refractivity contribution in [2.45, 2.75) is 70.2 Å². The Morgan fingerprint density at radius 2 is 1.47 bits per heavy atom. The zero-order chi connectivity index (χ0) is 26.3. The van der Waals surface area contributed by atoms with E-state index in [1.807, 2.05) is 54.6 Å². The minimum absolute atomic E-state index is 0.0179. The first-order valence-corrected chi connectivity index (χ1v) is 13.8. The van der Waals surface area contributed by atoms with Crippen molar-refractivity contribution in [2.75, 3.05) is 18.5 Å². The van der Waals surface area contributed by atoms with Crippen molar-refractivity contribution >= 4 is 23.6 Å². The molecule has 3 heterocycles. The van der Waals surface area contributed by atoms with E-state index in [1.54, 1.807) is 0 Å². The number of rotatable bonds is 13. The van der Waals surface area contributed by atoms with Crippen LogP contribution in [0.3, 0.4) is 0 Å². The van der Waals surface area contributed by atoms with E-state index in [0.29, 0.717) is 25.4 Å². The lowest BCUT2D eigenvalue weighted by Crippen LogP contribution is -2.35. The number of ether oxygens (including phenoxy) is 3. The Morgan fingerprint density at radius 3 is 2.16 bits per heavy atom. The van der Waals surface area contributed by atoms with Crippen LogP contribution in [0.4, 0.5) is 10.5 Å². The van der Waals surface area contributed by atoms with Gasteiger partial charge in [-0.15, -0.1) is 0 Å². The second kappa shape index (κ2) is 12.4. The normalized spacial score (nSPS) is 23.5. The van der Waals surface area contributed by atoms with Gasteiger partial charge in [0, 0.05) is 12.2 Å². The Kier molecular flexibility index (Phi) is 8.58. The summed E-state index contributed by atoms with van der Waals surface area (Å²) in [5.41, 5.74) is 1.69. The first-order valence-electron chi connectivity index (χ1n) is 13.8. The summed E-state index contributed by atoms with van der Waals surface area (Å²) in [6.45, 7) is 1.35. The number of fused-ring (bicyclic) bond motifs is 5. The van der Waals surface area contributed by atoms with Crippen LogP contribution in [0.2, 0.25) is 0 Å². The van der Waals surface area contributed by atoms with Crippen molar-refractivity contribution in [1.82, 2.24) is 4.90 Å². The number of benzene rings is 2. The van der Waals surface area contributed by atoms with Gasteiger partial charge in [0.05, 0.1) is 30.7 Å². The smallest absolute Gasteiger partial charge is 0.411 e. The molecule has 5 rings (SSSR count). The third kappa shape index (κ3) is 6.18. The lowest BCUT2D eigenvalue weighted by molar-refractivity contribution is -0.142. The molecule has 4 unspecified atom stereocenters. The molecule has 3 aliphatic rings. The van der Waals surface area contributed by atoms with E-state index in [-0.39, 0.29) is 35.9 Å². The third-order valence-electron chi connectivity index (χ3n) is 7.73. The van der Waals surface area contributed by atoms with Gasteiger partial charge in [-0.05, 0) is 55.5 Å². The predicted octanol–water partition coefficient (Wildman–Crippen LogP) is 5.32. The summed E-state index contributed by atoms with van der Waals surface area (Å²) >= 11 is 0. The number of hydrogen-bond donors (Lipinski definition) is 1. The number of hydrogen-bond acceptors (Lipinski definition) is 6. The Hall–Kier alpha value is -3.39. The van der Waals surface area contributed by atoms with Gasteiger partial charge in [-0.3, -0.25) is 19.8 Å². The first kappa shape index (κ1) is 26.2. The third-order valence-corrected chi connectivity index (χ3v) is 7.73. The minimum Gasteiger partial charge on any atom is -0.489 e. The number of likely N-dealkylation sites (tertiary alicyclic amines) is 1. The minimum atomic E-state index is -0.457. The Balaban J connectivity index is 0.886. The molecule has 3 amide bonds. The number of carbonyl (C=O) groups excluding carboxylic acids is 3. The second-order valence-electron chi connectivity index (χ2n) is 10.4. The van der Waals surface area contributed by atoms with Crippen LogP contribution < -0.4 is 10.1 Å². The van der Waals surface area contributed by atoms with Crippen LogP contribution in [-0.4, -0.2) is 48.2 Å². The van der Waals surface area contributed by atoms with Crippen molar-refractivity contribution < 1.29 is 28.6 Å². The van der Waals surface area contributed by atoms with Crippen molar-refractivity contribution in [1.29, 1.82) is 0 Å². The summed E-state index contributed by atoms with van der Waals surface area (Å²) in [7, 11) is 0. The van der Waals surface area contributed by atoms with Gasteiger partial charge >= 0.3 is 6.09 Å². The fraction of sp³-hybridized carbons (Fsp3) is 0.500. The summed E-state index contributed by atoms with van der Waals surface area (Å²) in [5, 5.41) is 2.75. The van der Waals surface area contributed by atoms with Crippen LogP contribution in [0.25, 0.3) is 0 Å². The zero-order valence-electron chi connectivity index (χ0n) is 21.7. The molecule has 3 saturated heterocycles. The van der Waals surface area contributed by atoms with Crippen LogP contribution in [0.1, 0.15) is 56.9 Å². The molecule has 0 saturated carbocycles. The number of nitrogens with zero attached hydrogens (tertiary/aromatic N) is 1. The summed E-state index contributed by atoms with van der Waals surface area (Å²) in [6, 6.07) is 17.1. The highest BCUT2D eigenvalue weighted by Gasteiger charge is 2.62. The molecule has 202 valence electrons. The quantitative estimate of drug-likeness (QED) is 0.284. The molecule has 2 aromatic rings. The molecule has 0 aromatic heterocycles. The molecule has 2 aromatic carbocycles. The molecule has 0 radical (unpaired) electrons. The topological polar surface area (TPSA) is 94.2 Å². The summed E-state index contributed by atoms with van der Waals surface area (Å²) in [6.07, 6.45) is 6.92. The number of para-hydroxylation sites is 1. The molecule has 1 N–H and O–H groups in total. The lowest BCUT2D eigenvalue weighted by atomic mass is 9.81. The Bertz CT molecular complexity index is 1080. The van der Waals surface area contributed by atoms with Gasteiger partial charge in [-0.1, -0.05) is 56.0 Å². The maximum Gasteiger partial charge on any atom is 0.411 e. The van der Waals surface area contributed by atoms with Crippen LogP contribution in [-0.2, 0) is 25.7 Å². The highest BCUT2D eigenvalue weighted by Crippen LogP contribution is 2.48. The van der Waals surface area contributed by atoms with Crippen LogP contribution in [0.5, 0.6) is 5.75 Å². The van der Waals surface area contributed by atoms with E-state index in [2.05, 4.69) is 5.32 Å². The zero-order valence-corrected chi connectivity index (χ0v) is 21.7. The molecule has 3 fully saturated rings. The number of imide groups is 1. The number of unbranched alkanes of at least 4 members (excludes halogenated alkanes) is 5. The molecule has 0 aliphatic carbocycles. The van der Waals surface area contributed by atoms with E-state index < -0.39 is 6.09 Å². The van der Waals surface area contributed by atoms with Crippen LogP contribution >= 0.6 is 0 Å². The van der Waals surface area contributed by atoms with Crippen LogP contribution in [0, 0.1) is 11.8 Å². The Morgan fingerprint density at radius 1 is 0.842 bits per heavy atom. The standard InChI is InChI=1S/C30H36N2O6/c33-28-26-24-16-17-25(38-24)27(26)29(34)32(28)18-8-3-1-2-4-9-19-36-30(35)31-22-14-12-21(13-15-22)20-37-23-10-6-5-7-11-23/h5-7,10-15,24-27H,1-4,8-9,16-20H2,(H,31,35). The molecular weight excluding hydrogens is 484 g/mol. The molecule has 3 aliphatic heterocycles. The second-order valence-corrected chi connectivity index (χ2v) is 10.4. The van der Waals surface area contributed by atoms with Crippen molar-refractivity contribution in [3.8, 4) is 5.75 Å². The van der Waals surface area contributed by atoms with Crippen molar-refractivity contribution in [3.63, 3.8) is 0 Å². The highest BCUT2D eigenvalue weighted by molar-refractivity contribution is 6.06. The van der Waals surface area contributed by atoms with Gasteiger partial charge in [0.1, 0.15) is 12.4 Å². The maximum absolute atomic E-state index is 12.7. The van der Waals surface area contributed by atoms with E-state index in [0.717, 1.165) is 62.7 Å². The van der Waals surface area contributed by atoms with Crippen molar-refractivity contribution in [2.24, 2.45) is 11.8 Å². The predicted molar refractivity (Wildman–Crippen MR) is 141 cm³/mol. The molecule has 38 heavy (non-hydrogen) atoms. The van der Waals surface area contributed by atoms with Gasteiger partial charge in [0.15, 0.2) is 0 Å². The van der Waals surface area contributed by atoms with Gasteiger partial charge in [-0.25, -0.2) is 4.79 Å². The number of anilines is 1. The average Bonchev–Trinajstić information content (AvgIpc) is 3.62. The molecule has 2 bridgehead atoms. The van der Waals surface area contributed by atoms with E-state index in [1.165, 1.54) is 4.90 Å². The lowest BCUT2D eigenvalue weighted by Gasteiger charge is -2.17. The van der Waals surface area contributed by atoms with Gasteiger partial charge in [0.2, 0.25) is 11.8 Å². The summed E-state index contributed by atoms with van der Waals surface area (Å²) < 4.78 is 16.8. The van der Waals surface area contributed by atoms with Gasteiger partial charge in [0.25, 0.3) is 0 Å². The Labute approximate surface area is 223 Å². The van der Waals surface area contributed by atoms with Crippen LogP contribution in [0.15, 0.2) is 54.6 Å². The monoisotopic (exact) mass is 520 g/mol. The molecule has 8 nitrogen and oxygen atoms in total. The summed E-state index contributed by atoms with van der Waals surface area (Å²) in [4.78, 5) is 38.9. The van der Waals surface area contributed by atoms with Gasteiger partial charge < -0.3 is 14.2 Å². The fourth-order valence-corrected chi connectivity index (χ4v) is 5.76. The number of amides is 3. The number of nitrogens with one attached hydrogen (secondary N) is 1. The molecule has 0 spiro atoms. The maximum atomic E-state index is 12.7. The summed E-state index contributed by atoms with van der Waals surface area (Å²) in [5.74, 6) is 0.332. The average molecular weight is 521 g/mol. The SMILES string of the molecule is O=C(Nc1ccc(COc2ccccc2)cc1)OCCCCCCCCN1C(=O)C2C3CCC(O3)C2C1=O. The van der Waals surface area contributed by atoms with E-state index >= 15 is 0 Å². The van der Waals surface area contributed by atoms with E-state index in [9.17, 15) is 14.4 Å². The van der Waals surface area contributed by atoms with E-state index in [4.69, 9.17) is 14.2 Å². The highest BCUT2D eigenvalue weighted by atomic mass is 16.5. The van der Waals surface area contributed by atoms with Gasteiger partial charge in [-0.2, -0.15) is 0 Å². The molecular formula is C30H36N2O6. The van der Waals surface area contributed by atoms with Crippen molar-refractivity contribution in [3.05, 3.63) is 60.2 Å². The largest absolute Gasteiger partial charge is 0.489 e. The molecule has 8 heteroatoms. The fourth-order valence-electron chi connectivity index (χ4n) is 5.76. The first-order chi connectivity index (χ1) is 18.6. The molecule has 4 atom stereocenters.